The molecule has 5 heteroatoms. The molecule has 0 bridgehead atoms. The number of amides is 1. The van der Waals surface area contributed by atoms with Gasteiger partial charge in [-0.1, -0.05) is 6.07 Å². The number of benzene rings is 1. The van der Waals surface area contributed by atoms with Crippen LogP contribution in [0.4, 0.5) is 11.5 Å². The number of carbonyl (C=O) groups excluding carboxylic acids is 1. The van der Waals surface area contributed by atoms with Crippen LogP contribution in [-0.2, 0) is 0 Å². The minimum atomic E-state index is -0.450. The number of aromatic nitrogens is 1. The predicted octanol–water partition coefficient (Wildman–Crippen LogP) is 2.69. The zero-order valence-electron chi connectivity index (χ0n) is 8.85. The van der Waals surface area contributed by atoms with E-state index < -0.39 is 5.91 Å². The molecule has 2 rings (SSSR count). The fourth-order valence-electron chi connectivity index (χ4n) is 1.36. The fourth-order valence-corrected chi connectivity index (χ4v) is 1.72. The van der Waals surface area contributed by atoms with Gasteiger partial charge in [0, 0.05) is 17.4 Å². The van der Waals surface area contributed by atoms with Crippen molar-refractivity contribution in [1.82, 2.24) is 4.98 Å². The molecule has 0 radical (unpaired) electrons. The molecule has 0 spiro atoms. The van der Waals surface area contributed by atoms with Gasteiger partial charge in [0.1, 0.15) is 5.82 Å². The fraction of sp³-hybridized carbons (Fsp3) is 0. The summed E-state index contributed by atoms with van der Waals surface area (Å²) in [7, 11) is 0. The zero-order valence-corrected chi connectivity index (χ0v) is 10.4. The van der Waals surface area contributed by atoms with Gasteiger partial charge in [0.15, 0.2) is 0 Å². The minimum absolute atomic E-state index is 0.450. The number of pyridine rings is 1. The molecule has 1 heterocycles. The number of nitrogens with two attached hydrogens (primary N) is 1. The molecule has 1 aromatic carbocycles. The maximum Gasteiger partial charge on any atom is 0.248 e. The monoisotopic (exact) mass is 291 g/mol. The molecule has 1 amide bonds. The third-order valence-electron chi connectivity index (χ3n) is 2.17. The summed E-state index contributed by atoms with van der Waals surface area (Å²) in [5.41, 5.74) is 6.44. The van der Waals surface area contributed by atoms with Crippen molar-refractivity contribution in [2.75, 3.05) is 5.32 Å². The maximum atomic E-state index is 11.0. The molecule has 0 saturated carbocycles. The van der Waals surface area contributed by atoms with Crippen LogP contribution in [0.5, 0.6) is 0 Å². The second kappa shape index (κ2) is 4.97. The Balaban J connectivity index is 2.28. The lowest BCUT2D eigenvalue weighted by Crippen LogP contribution is -2.10. The van der Waals surface area contributed by atoms with Gasteiger partial charge in [-0.25, -0.2) is 4.98 Å². The molecule has 3 N–H and O–H groups in total. The van der Waals surface area contributed by atoms with Crippen LogP contribution in [0.25, 0.3) is 0 Å². The summed E-state index contributed by atoms with van der Waals surface area (Å²) in [6, 6.07) is 10.7. The highest BCUT2D eigenvalue weighted by Crippen LogP contribution is 2.23. The van der Waals surface area contributed by atoms with E-state index in [1.807, 2.05) is 18.2 Å². The number of nitrogens with one attached hydrogen (secondary N) is 1. The first-order chi connectivity index (χ1) is 8.16. The van der Waals surface area contributed by atoms with E-state index in [1.54, 1.807) is 24.4 Å². The lowest BCUT2D eigenvalue weighted by molar-refractivity contribution is 0.100. The van der Waals surface area contributed by atoms with Crippen molar-refractivity contribution >= 4 is 33.3 Å². The van der Waals surface area contributed by atoms with Crippen LogP contribution in [0.15, 0.2) is 47.1 Å². The topological polar surface area (TPSA) is 68.0 Å². The molecule has 17 heavy (non-hydrogen) atoms. The Bertz CT molecular complexity index is 557. The highest BCUT2D eigenvalue weighted by atomic mass is 79.9. The van der Waals surface area contributed by atoms with E-state index in [4.69, 9.17) is 5.73 Å². The van der Waals surface area contributed by atoms with Crippen LogP contribution in [0.2, 0.25) is 0 Å². The number of hydrogen-bond donors (Lipinski definition) is 2. The Morgan fingerprint density at radius 3 is 2.82 bits per heavy atom. The van der Waals surface area contributed by atoms with Gasteiger partial charge in [-0.05, 0) is 46.3 Å². The van der Waals surface area contributed by atoms with Gasteiger partial charge in [0.25, 0.3) is 0 Å². The molecule has 0 aliphatic heterocycles. The highest BCUT2D eigenvalue weighted by Gasteiger charge is 2.03. The Morgan fingerprint density at radius 2 is 2.12 bits per heavy atom. The average molecular weight is 292 g/mol. The van der Waals surface area contributed by atoms with Crippen molar-refractivity contribution in [1.29, 1.82) is 0 Å². The Hall–Kier alpha value is -1.88. The molecule has 4 nitrogen and oxygen atoms in total. The maximum absolute atomic E-state index is 11.0. The SMILES string of the molecule is NC(=O)c1cccc(Nc2ncccc2Br)c1. The molecule has 0 aliphatic carbocycles. The Kier molecular flexibility index (Phi) is 3.39. The standard InChI is InChI=1S/C12H10BrN3O/c13-10-5-2-6-15-12(10)16-9-4-1-3-8(7-9)11(14)17/h1-7H,(H2,14,17)(H,15,16). The molecule has 0 saturated heterocycles. The number of nitrogens with zero attached hydrogens (tertiary/aromatic N) is 1. The van der Waals surface area contributed by atoms with Crippen LogP contribution in [0, 0.1) is 0 Å². The van der Waals surface area contributed by atoms with Crippen molar-refractivity contribution < 1.29 is 4.79 Å². The summed E-state index contributed by atoms with van der Waals surface area (Å²) in [5.74, 6) is 0.239. The number of carbonyl (C=O) groups is 1. The van der Waals surface area contributed by atoms with E-state index in [2.05, 4.69) is 26.2 Å². The lowest BCUT2D eigenvalue weighted by atomic mass is 10.2. The molecule has 0 aliphatic rings. The summed E-state index contributed by atoms with van der Waals surface area (Å²) >= 11 is 3.38. The predicted molar refractivity (Wildman–Crippen MR) is 70.2 cm³/mol. The van der Waals surface area contributed by atoms with Gasteiger partial charge in [-0.15, -0.1) is 0 Å². The van der Waals surface area contributed by atoms with Gasteiger partial charge in [-0.2, -0.15) is 0 Å². The minimum Gasteiger partial charge on any atom is -0.366 e. The van der Waals surface area contributed by atoms with Gasteiger partial charge in [0.05, 0.1) is 4.47 Å². The summed E-state index contributed by atoms with van der Waals surface area (Å²) in [5, 5.41) is 3.10. The highest BCUT2D eigenvalue weighted by molar-refractivity contribution is 9.10. The smallest absolute Gasteiger partial charge is 0.248 e. The van der Waals surface area contributed by atoms with E-state index in [-0.39, 0.29) is 0 Å². The van der Waals surface area contributed by atoms with E-state index >= 15 is 0 Å². The van der Waals surface area contributed by atoms with Crippen molar-refractivity contribution in [2.24, 2.45) is 5.73 Å². The molecule has 0 atom stereocenters. The molecular formula is C12H10BrN3O. The average Bonchev–Trinajstić information content (AvgIpc) is 2.32. The van der Waals surface area contributed by atoms with Crippen molar-refractivity contribution in [3.05, 3.63) is 52.6 Å². The summed E-state index contributed by atoms with van der Waals surface area (Å²) in [4.78, 5) is 15.2. The molecule has 2 aromatic rings. The third-order valence-corrected chi connectivity index (χ3v) is 2.81. The third kappa shape index (κ3) is 2.82. The van der Waals surface area contributed by atoms with E-state index in [1.165, 1.54) is 0 Å². The lowest BCUT2D eigenvalue weighted by Gasteiger charge is -2.07. The Labute approximate surface area is 107 Å². The summed E-state index contributed by atoms with van der Waals surface area (Å²) < 4.78 is 0.851. The first-order valence-electron chi connectivity index (χ1n) is 4.94. The van der Waals surface area contributed by atoms with Crippen LogP contribution in [-0.4, -0.2) is 10.9 Å². The number of anilines is 2. The molecular weight excluding hydrogens is 282 g/mol. The van der Waals surface area contributed by atoms with Crippen LogP contribution >= 0.6 is 15.9 Å². The summed E-state index contributed by atoms with van der Waals surface area (Å²) in [6.07, 6.45) is 1.69. The van der Waals surface area contributed by atoms with E-state index in [9.17, 15) is 4.79 Å². The number of primary amides is 1. The zero-order chi connectivity index (χ0) is 12.3. The second-order valence-corrected chi connectivity index (χ2v) is 4.26. The second-order valence-electron chi connectivity index (χ2n) is 3.40. The number of halogens is 1. The molecule has 0 unspecified atom stereocenters. The first kappa shape index (κ1) is 11.6. The van der Waals surface area contributed by atoms with Crippen molar-refractivity contribution in [3.63, 3.8) is 0 Å². The normalized spacial score (nSPS) is 9.94. The van der Waals surface area contributed by atoms with E-state index in [0.717, 1.165) is 10.2 Å². The van der Waals surface area contributed by atoms with Crippen LogP contribution in [0.3, 0.4) is 0 Å². The quantitative estimate of drug-likeness (QED) is 0.914. The Morgan fingerprint density at radius 1 is 1.29 bits per heavy atom. The van der Waals surface area contributed by atoms with Gasteiger partial charge >= 0.3 is 0 Å². The molecule has 1 aromatic heterocycles. The molecule has 86 valence electrons. The summed E-state index contributed by atoms with van der Waals surface area (Å²) in [6.45, 7) is 0. The number of rotatable bonds is 3. The van der Waals surface area contributed by atoms with Crippen LogP contribution < -0.4 is 11.1 Å². The van der Waals surface area contributed by atoms with Crippen molar-refractivity contribution in [2.45, 2.75) is 0 Å². The van der Waals surface area contributed by atoms with Crippen LogP contribution in [0.1, 0.15) is 10.4 Å². The number of hydrogen-bond acceptors (Lipinski definition) is 3. The molecule has 0 fully saturated rings. The first-order valence-corrected chi connectivity index (χ1v) is 5.73. The van der Waals surface area contributed by atoms with Gasteiger partial charge in [-0.3, -0.25) is 4.79 Å². The van der Waals surface area contributed by atoms with E-state index in [0.29, 0.717) is 11.4 Å². The largest absolute Gasteiger partial charge is 0.366 e. The van der Waals surface area contributed by atoms with Gasteiger partial charge in [0.2, 0.25) is 5.91 Å². The van der Waals surface area contributed by atoms with Gasteiger partial charge < -0.3 is 11.1 Å². The van der Waals surface area contributed by atoms with Crippen molar-refractivity contribution in [3.8, 4) is 0 Å².